The molecule has 21 heavy (non-hydrogen) atoms. The monoisotopic (exact) mass is 297 g/mol. The molecular weight excluding hydrogens is 274 g/mol. The van der Waals surface area contributed by atoms with E-state index >= 15 is 0 Å². The summed E-state index contributed by atoms with van der Waals surface area (Å²) in [5.74, 6) is -0.178. The zero-order valence-corrected chi connectivity index (χ0v) is 12.1. The molecular formula is C13H23N5O3. The molecule has 0 aromatic carbocycles. The number of hydrogen-bond acceptors (Lipinski definition) is 5. The maximum absolute atomic E-state index is 11.9. The molecule has 0 radical (unpaired) electrons. The first-order chi connectivity index (χ1) is 10.1. The van der Waals surface area contributed by atoms with Gasteiger partial charge in [-0.25, -0.2) is 4.79 Å². The van der Waals surface area contributed by atoms with Crippen LogP contribution in [0.5, 0.6) is 0 Å². The lowest BCUT2D eigenvalue weighted by molar-refractivity contribution is -0.127. The molecule has 2 saturated heterocycles. The fourth-order valence-electron chi connectivity index (χ4n) is 2.74. The highest BCUT2D eigenvalue weighted by Gasteiger charge is 2.30. The smallest absolute Gasteiger partial charge is 0.324 e. The maximum Gasteiger partial charge on any atom is 0.324 e. The largest absolute Gasteiger partial charge is 0.355 e. The summed E-state index contributed by atoms with van der Waals surface area (Å²) in [5, 5.41) is 5.31. The molecule has 2 aliphatic heterocycles. The Hall–Kier alpha value is -1.67. The van der Waals surface area contributed by atoms with Crippen LogP contribution in [0.3, 0.4) is 0 Å². The number of rotatable bonds is 6. The van der Waals surface area contributed by atoms with E-state index in [-0.39, 0.29) is 30.3 Å². The average Bonchev–Trinajstić information content (AvgIpc) is 2.82. The Kier molecular flexibility index (Phi) is 5.51. The first-order valence-electron chi connectivity index (χ1n) is 7.40. The molecule has 1 atom stereocenters. The van der Waals surface area contributed by atoms with Crippen molar-refractivity contribution < 1.29 is 14.4 Å². The molecule has 0 spiro atoms. The highest BCUT2D eigenvalue weighted by Crippen LogP contribution is 2.16. The van der Waals surface area contributed by atoms with Gasteiger partial charge in [-0.3, -0.25) is 14.5 Å². The Morgan fingerprint density at radius 2 is 2.19 bits per heavy atom. The number of urea groups is 1. The molecule has 2 aliphatic rings. The van der Waals surface area contributed by atoms with Gasteiger partial charge in [0.2, 0.25) is 11.8 Å². The Balaban J connectivity index is 1.77. The minimum absolute atomic E-state index is 0.0339. The van der Waals surface area contributed by atoms with E-state index in [0.29, 0.717) is 32.7 Å². The Bertz CT molecular complexity index is 399. The van der Waals surface area contributed by atoms with Crippen LogP contribution >= 0.6 is 0 Å². The van der Waals surface area contributed by atoms with Crippen molar-refractivity contribution in [2.45, 2.75) is 12.8 Å². The summed E-state index contributed by atoms with van der Waals surface area (Å²) in [4.78, 5) is 38.3. The van der Waals surface area contributed by atoms with Gasteiger partial charge in [0.15, 0.2) is 0 Å². The van der Waals surface area contributed by atoms with Gasteiger partial charge in [0.1, 0.15) is 0 Å². The van der Waals surface area contributed by atoms with Crippen LogP contribution in [0, 0.1) is 5.92 Å². The summed E-state index contributed by atoms with van der Waals surface area (Å²) >= 11 is 0. The number of amides is 4. The van der Waals surface area contributed by atoms with Gasteiger partial charge < -0.3 is 21.3 Å². The van der Waals surface area contributed by atoms with Crippen molar-refractivity contribution in [2.75, 3.05) is 45.8 Å². The van der Waals surface area contributed by atoms with Crippen LogP contribution in [0.4, 0.5) is 4.79 Å². The van der Waals surface area contributed by atoms with Crippen molar-refractivity contribution >= 4 is 17.8 Å². The molecule has 4 amide bonds. The van der Waals surface area contributed by atoms with E-state index in [0.717, 1.165) is 19.4 Å². The maximum atomic E-state index is 11.9. The van der Waals surface area contributed by atoms with Crippen molar-refractivity contribution in [3.05, 3.63) is 0 Å². The van der Waals surface area contributed by atoms with E-state index in [1.54, 1.807) is 0 Å². The van der Waals surface area contributed by atoms with Gasteiger partial charge >= 0.3 is 6.03 Å². The van der Waals surface area contributed by atoms with Crippen LogP contribution in [0.25, 0.3) is 0 Å². The lowest BCUT2D eigenvalue weighted by Gasteiger charge is -2.32. The number of likely N-dealkylation sites (tertiary alicyclic amines) is 1. The quantitative estimate of drug-likeness (QED) is 0.508. The van der Waals surface area contributed by atoms with E-state index in [1.165, 1.54) is 4.90 Å². The molecule has 8 nitrogen and oxygen atoms in total. The lowest BCUT2D eigenvalue weighted by atomic mass is 9.97. The number of nitrogens with zero attached hydrogens (tertiary/aromatic N) is 2. The fourth-order valence-corrected chi connectivity index (χ4v) is 2.74. The topological polar surface area (TPSA) is 108 Å². The second-order valence-corrected chi connectivity index (χ2v) is 5.42. The summed E-state index contributed by atoms with van der Waals surface area (Å²) < 4.78 is 0. The van der Waals surface area contributed by atoms with Crippen LogP contribution in [-0.4, -0.2) is 73.5 Å². The Labute approximate surface area is 124 Å². The third-order valence-corrected chi connectivity index (χ3v) is 3.90. The molecule has 0 aromatic rings. The summed E-state index contributed by atoms with van der Waals surface area (Å²) in [6.45, 7) is 3.57. The third kappa shape index (κ3) is 4.15. The average molecular weight is 297 g/mol. The van der Waals surface area contributed by atoms with Crippen LogP contribution in [-0.2, 0) is 9.59 Å². The number of hydrogen-bond donors (Lipinski definition) is 3. The number of piperidine rings is 1. The van der Waals surface area contributed by atoms with Crippen molar-refractivity contribution in [3.8, 4) is 0 Å². The standard InChI is InChI=1S/C13H23N5O3/c14-3-4-15-12(20)10-2-1-5-17(9-10)6-7-18-11(19)8-16-13(18)21/h10H,1-9,14H2,(H,15,20)(H,16,21). The van der Waals surface area contributed by atoms with Gasteiger partial charge in [-0.2, -0.15) is 0 Å². The molecule has 0 aromatic heterocycles. The molecule has 4 N–H and O–H groups in total. The number of nitrogens with one attached hydrogen (secondary N) is 2. The Morgan fingerprint density at radius 3 is 2.86 bits per heavy atom. The summed E-state index contributed by atoms with van der Waals surface area (Å²) in [5.41, 5.74) is 5.38. The fraction of sp³-hybridized carbons (Fsp3) is 0.769. The van der Waals surface area contributed by atoms with Gasteiger partial charge in [-0.15, -0.1) is 0 Å². The number of carbonyl (C=O) groups is 3. The van der Waals surface area contributed by atoms with Crippen LogP contribution < -0.4 is 16.4 Å². The first-order valence-corrected chi connectivity index (χ1v) is 7.40. The molecule has 2 rings (SSSR count). The van der Waals surface area contributed by atoms with E-state index in [9.17, 15) is 14.4 Å². The normalized spacial score (nSPS) is 23.3. The van der Waals surface area contributed by atoms with Crippen molar-refractivity contribution in [1.29, 1.82) is 0 Å². The van der Waals surface area contributed by atoms with E-state index in [1.807, 2.05) is 0 Å². The summed E-state index contributed by atoms with van der Waals surface area (Å²) in [6.07, 6.45) is 1.82. The van der Waals surface area contributed by atoms with Gasteiger partial charge in [-0.05, 0) is 19.4 Å². The minimum Gasteiger partial charge on any atom is -0.355 e. The predicted molar refractivity (Wildman–Crippen MR) is 76.3 cm³/mol. The minimum atomic E-state index is -0.325. The van der Waals surface area contributed by atoms with Crippen LogP contribution in [0.15, 0.2) is 0 Å². The molecule has 8 heteroatoms. The zero-order valence-electron chi connectivity index (χ0n) is 12.1. The molecule has 2 fully saturated rings. The van der Waals surface area contributed by atoms with E-state index in [2.05, 4.69) is 15.5 Å². The van der Waals surface area contributed by atoms with Gasteiger partial charge in [-0.1, -0.05) is 0 Å². The van der Waals surface area contributed by atoms with Gasteiger partial charge in [0.05, 0.1) is 12.5 Å². The van der Waals surface area contributed by atoms with Gasteiger partial charge in [0, 0.05) is 32.7 Å². The van der Waals surface area contributed by atoms with Crippen LogP contribution in [0.1, 0.15) is 12.8 Å². The second-order valence-electron chi connectivity index (χ2n) is 5.42. The Morgan fingerprint density at radius 1 is 1.38 bits per heavy atom. The SMILES string of the molecule is NCCNC(=O)C1CCCN(CCN2C(=O)CNC2=O)C1. The third-order valence-electron chi connectivity index (χ3n) is 3.90. The molecule has 2 heterocycles. The molecule has 0 aliphatic carbocycles. The highest BCUT2D eigenvalue weighted by molar-refractivity contribution is 6.01. The van der Waals surface area contributed by atoms with Crippen molar-refractivity contribution in [3.63, 3.8) is 0 Å². The first kappa shape index (κ1) is 15.7. The summed E-state index contributed by atoms with van der Waals surface area (Å²) in [7, 11) is 0. The van der Waals surface area contributed by atoms with Gasteiger partial charge in [0.25, 0.3) is 0 Å². The number of nitrogens with two attached hydrogens (primary N) is 1. The number of imide groups is 1. The number of carbonyl (C=O) groups excluding carboxylic acids is 3. The highest BCUT2D eigenvalue weighted by atomic mass is 16.2. The molecule has 0 bridgehead atoms. The molecule has 118 valence electrons. The lowest BCUT2D eigenvalue weighted by Crippen LogP contribution is -2.46. The second kappa shape index (κ2) is 7.37. The molecule has 0 saturated carbocycles. The van der Waals surface area contributed by atoms with Crippen LogP contribution in [0.2, 0.25) is 0 Å². The van der Waals surface area contributed by atoms with E-state index < -0.39 is 0 Å². The van der Waals surface area contributed by atoms with Crippen molar-refractivity contribution in [1.82, 2.24) is 20.4 Å². The van der Waals surface area contributed by atoms with E-state index in [4.69, 9.17) is 5.73 Å². The zero-order chi connectivity index (χ0) is 15.2. The van der Waals surface area contributed by atoms with Crippen molar-refractivity contribution in [2.24, 2.45) is 11.7 Å². The molecule has 1 unspecified atom stereocenters. The summed E-state index contributed by atoms with van der Waals surface area (Å²) in [6, 6.07) is -0.325. The predicted octanol–water partition coefficient (Wildman–Crippen LogP) is -1.67.